The van der Waals surface area contributed by atoms with E-state index < -0.39 is 10.0 Å². The van der Waals surface area contributed by atoms with Crippen LogP contribution in [0.15, 0.2) is 34.5 Å². The number of aryl methyl sites for hydroxylation is 3. The molecule has 1 aromatic carbocycles. The van der Waals surface area contributed by atoms with Crippen molar-refractivity contribution < 1.29 is 13.2 Å². The van der Waals surface area contributed by atoms with Crippen molar-refractivity contribution in [3.05, 3.63) is 45.9 Å². The number of carbonyl (C=O) groups excluding carboxylic acids is 1. The molecule has 1 aromatic heterocycles. The van der Waals surface area contributed by atoms with Crippen LogP contribution in [0.4, 0.5) is 0 Å². The van der Waals surface area contributed by atoms with E-state index in [-0.39, 0.29) is 11.8 Å². The van der Waals surface area contributed by atoms with E-state index in [2.05, 4.69) is 15.7 Å². The van der Waals surface area contributed by atoms with Gasteiger partial charge in [0.15, 0.2) is 0 Å². The highest BCUT2D eigenvalue weighted by atomic mass is 32.2. The second kappa shape index (κ2) is 9.82. The summed E-state index contributed by atoms with van der Waals surface area (Å²) in [6, 6.07) is 6.92. The minimum Gasteiger partial charge on any atom is -0.356 e. The van der Waals surface area contributed by atoms with Crippen LogP contribution in [0.3, 0.4) is 0 Å². The second-order valence-electron chi connectivity index (χ2n) is 7.62. The molecular weight excluding hydrogens is 406 g/mol. The molecule has 8 heteroatoms. The first-order valence-electron chi connectivity index (χ1n) is 10.1. The lowest BCUT2D eigenvalue weighted by Gasteiger charge is -2.30. The Morgan fingerprint density at radius 2 is 1.86 bits per heavy atom. The number of nitrogens with zero attached hydrogens (tertiary/aromatic N) is 2. The number of piperidine rings is 1. The smallest absolute Gasteiger partial charge is 0.243 e. The molecule has 0 spiro atoms. The van der Waals surface area contributed by atoms with E-state index in [1.54, 1.807) is 23.5 Å². The van der Waals surface area contributed by atoms with Crippen molar-refractivity contribution >= 4 is 27.3 Å². The van der Waals surface area contributed by atoms with Crippen LogP contribution in [0.2, 0.25) is 0 Å². The van der Waals surface area contributed by atoms with Crippen LogP contribution in [0.5, 0.6) is 0 Å². The Morgan fingerprint density at radius 3 is 2.48 bits per heavy atom. The van der Waals surface area contributed by atoms with Crippen molar-refractivity contribution in [3.63, 3.8) is 0 Å². The molecule has 0 unspecified atom stereocenters. The Hall–Kier alpha value is -1.77. The standard InChI is InChI=1S/C21H29N3O3S2/c1-16-6-8-19(9-7-16)29(26,27)24-13-10-18(11-14-24)21(25)22-12-4-3-5-20-23-17(2)15-28-20/h6-9,15,18H,3-5,10-14H2,1-2H3,(H,22,25). The van der Waals surface area contributed by atoms with Crippen molar-refractivity contribution in [2.45, 2.75) is 50.8 Å². The van der Waals surface area contributed by atoms with Crippen LogP contribution < -0.4 is 5.32 Å². The summed E-state index contributed by atoms with van der Waals surface area (Å²) in [5.41, 5.74) is 2.09. The Kier molecular flexibility index (Phi) is 7.43. The van der Waals surface area contributed by atoms with Gasteiger partial charge in [-0.3, -0.25) is 4.79 Å². The average molecular weight is 436 g/mol. The van der Waals surface area contributed by atoms with Crippen molar-refractivity contribution in [2.75, 3.05) is 19.6 Å². The molecule has 0 aliphatic carbocycles. The third-order valence-corrected chi connectivity index (χ3v) is 8.21. The third kappa shape index (κ3) is 5.87. The Labute approximate surface area is 177 Å². The Bertz CT molecular complexity index is 915. The van der Waals surface area contributed by atoms with Crippen LogP contribution in [0.25, 0.3) is 0 Å². The molecule has 1 amide bonds. The summed E-state index contributed by atoms with van der Waals surface area (Å²) in [4.78, 5) is 17.2. The van der Waals surface area contributed by atoms with E-state index in [1.165, 1.54) is 4.31 Å². The summed E-state index contributed by atoms with van der Waals surface area (Å²) in [6.07, 6.45) is 4.00. The molecular formula is C21H29N3O3S2. The fourth-order valence-electron chi connectivity index (χ4n) is 3.49. The summed E-state index contributed by atoms with van der Waals surface area (Å²) in [6.45, 7) is 5.36. The molecule has 0 radical (unpaired) electrons. The normalized spacial score (nSPS) is 16.1. The lowest BCUT2D eigenvalue weighted by Crippen LogP contribution is -2.43. The van der Waals surface area contributed by atoms with E-state index in [1.807, 2.05) is 26.0 Å². The van der Waals surface area contributed by atoms with Gasteiger partial charge in [0.05, 0.1) is 9.90 Å². The van der Waals surface area contributed by atoms with Gasteiger partial charge in [-0.05, 0) is 58.1 Å². The van der Waals surface area contributed by atoms with E-state index >= 15 is 0 Å². The predicted octanol–water partition coefficient (Wildman–Crippen LogP) is 3.30. The van der Waals surface area contributed by atoms with Crippen molar-refractivity contribution in [2.24, 2.45) is 5.92 Å². The minimum absolute atomic E-state index is 0.0440. The molecule has 1 N–H and O–H groups in total. The monoisotopic (exact) mass is 435 g/mol. The average Bonchev–Trinajstić information content (AvgIpc) is 3.13. The van der Waals surface area contributed by atoms with Crippen LogP contribution in [0, 0.1) is 19.8 Å². The number of hydrogen-bond donors (Lipinski definition) is 1. The topological polar surface area (TPSA) is 79.4 Å². The molecule has 1 saturated heterocycles. The van der Waals surface area contributed by atoms with Crippen LogP contribution >= 0.6 is 11.3 Å². The lowest BCUT2D eigenvalue weighted by atomic mass is 9.97. The van der Waals surface area contributed by atoms with Gasteiger partial charge in [-0.1, -0.05) is 17.7 Å². The quantitative estimate of drug-likeness (QED) is 0.645. The number of thiazole rings is 1. The molecule has 2 heterocycles. The Balaban J connectivity index is 1.39. The first-order chi connectivity index (χ1) is 13.9. The predicted molar refractivity (Wildman–Crippen MR) is 115 cm³/mol. The van der Waals surface area contributed by atoms with Gasteiger partial charge in [-0.25, -0.2) is 13.4 Å². The van der Waals surface area contributed by atoms with Gasteiger partial charge >= 0.3 is 0 Å². The molecule has 29 heavy (non-hydrogen) atoms. The zero-order valence-corrected chi connectivity index (χ0v) is 18.7. The molecule has 158 valence electrons. The largest absolute Gasteiger partial charge is 0.356 e. The maximum absolute atomic E-state index is 12.8. The number of hydrogen-bond acceptors (Lipinski definition) is 5. The molecule has 0 saturated carbocycles. The zero-order chi connectivity index (χ0) is 20.9. The zero-order valence-electron chi connectivity index (χ0n) is 17.1. The third-order valence-electron chi connectivity index (χ3n) is 5.27. The van der Waals surface area contributed by atoms with Crippen LogP contribution in [-0.4, -0.2) is 43.2 Å². The number of amides is 1. The van der Waals surface area contributed by atoms with E-state index in [4.69, 9.17) is 0 Å². The SMILES string of the molecule is Cc1ccc(S(=O)(=O)N2CCC(C(=O)NCCCCc3nc(C)cs3)CC2)cc1. The summed E-state index contributed by atoms with van der Waals surface area (Å²) >= 11 is 1.69. The fourth-order valence-corrected chi connectivity index (χ4v) is 5.78. The number of nitrogens with one attached hydrogen (secondary N) is 1. The van der Waals surface area contributed by atoms with E-state index in [0.29, 0.717) is 37.4 Å². The molecule has 2 aromatic rings. The van der Waals surface area contributed by atoms with Crippen molar-refractivity contribution in [1.29, 1.82) is 0 Å². The highest BCUT2D eigenvalue weighted by Gasteiger charge is 2.31. The first kappa shape index (κ1) is 21.9. The van der Waals surface area contributed by atoms with Gasteiger partial charge < -0.3 is 5.32 Å². The summed E-state index contributed by atoms with van der Waals surface area (Å²) in [5.74, 6) is -0.0662. The van der Waals surface area contributed by atoms with Crippen LogP contribution in [0.1, 0.15) is 41.9 Å². The maximum Gasteiger partial charge on any atom is 0.243 e. The van der Waals surface area contributed by atoms with E-state index in [0.717, 1.165) is 35.5 Å². The van der Waals surface area contributed by atoms with Gasteiger partial charge in [-0.2, -0.15) is 4.31 Å². The summed E-state index contributed by atoms with van der Waals surface area (Å²) in [5, 5.41) is 6.22. The summed E-state index contributed by atoms with van der Waals surface area (Å²) < 4.78 is 27.0. The van der Waals surface area contributed by atoms with Crippen molar-refractivity contribution in [1.82, 2.24) is 14.6 Å². The van der Waals surface area contributed by atoms with Crippen LogP contribution in [-0.2, 0) is 21.2 Å². The van der Waals surface area contributed by atoms with Gasteiger partial charge in [0, 0.05) is 36.6 Å². The highest BCUT2D eigenvalue weighted by molar-refractivity contribution is 7.89. The van der Waals surface area contributed by atoms with E-state index in [9.17, 15) is 13.2 Å². The number of aromatic nitrogens is 1. The van der Waals surface area contributed by atoms with Gasteiger partial charge in [0.25, 0.3) is 0 Å². The first-order valence-corrected chi connectivity index (χ1v) is 12.4. The molecule has 3 rings (SSSR count). The number of carbonyl (C=O) groups is 1. The lowest BCUT2D eigenvalue weighted by molar-refractivity contribution is -0.126. The van der Waals surface area contributed by atoms with Crippen molar-refractivity contribution in [3.8, 4) is 0 Å². The van der Waals surface area contributed by atoms with Gasteiger partial charge in [-0.15, -0.1) is 11.3 Å². The number of benzene rings is 1. The molecule has 0 atom stereocenters. The van der Waals surface area contributed by atoms with Gasteiger partial charge in [0.1, 0.15) is 0 Å². The molecule has 1 aliphatic rings. The number of sulfonamides is 1. The summed E-state index contributed by atoms with van der Waals surface area (Å²) in [7, 11) is -3.48. The Morgan fingerprint density at radius 1 is 1.17 bits per heavy atom. The molecule has 6 nitrogen and oxygen atoms in total. The minimum atomic E-state index is -3.48. The highest BCUT2D eigenvalue weighted by Crippen LogP contribution is 2.24. The molecule has 1 aliphatic heterocycles. The maximum atomic E-state index is 12.8. The van der Waals surface area contributed by atoms with Gasteiger partial charge in [0.2, 0.25) is 15.9 Å². The molecule has 0 bridgehead atoms. The second-order valence-corrected chi connectivity index (χ2v) is 10.5. The number of rotatable bonds is 8. The molecule has 1 fully saturated rings. The number of unbranched alkanes of at least 4 members (excludes halogenated alkanes) is 1. The fraction of sp³-hybridized carbons (Fsp3) is 0.524.